The summed E-state index contributed by atoms with van der Waals surface area (Å²) in [5.41, 5.74) is 12.7. The molecule has 9 rings (SSSR count). The highest BCUT2D eigenvalue weighted by atomic mass is 16.3. The van der Waals surface area contributed by atoms with Gasteiger partial charge in [-0.1, -0.05) is 176 Å². The maximum absolute atomic E-state index is 6.55. The number of hydrogen-bond donors (Lipinski definition) is 0. The fraction of sp³-hybridized carbons (Fsp3) is 0.0196. The van der Waals surface area contributed by atoms with Gasteiger partial charge in [0.15, 0.2) is 0 Å². The molecule has 0 aliphatic rings. The van der Waals surface area contributed by atoms with Crippen LogP contribution in [-0.4, -0.2) is 0 Å². The molecule has 1 aromatic heterocycles. The van der Waals surface area contributed by atoms with Gasteiger partial charge in [0.05, 0.1) is 0 Å². The summed E-state index contributed by atoms with van der Waals surface area (Å²) in [4.78, 5) is 0. The monoisotopic (exact) mass is 664 g/mol. The molecular weight excluding hydrogens is 629 g/mol. The van der Waals surface area contributed by atoms with Crippen LogP contribution >= 0.6 is 0 Å². The largest absolute Gasteiger partial charge is 0.456 e. The molecule has 0 fully saturated rings. The Morgan fingerprint density at radius 3 is 1.75 bits per heavy atom. The van der Waals surface area contributed by atoms with Crippen molar-refractivity contribution in [3.05, 3.63) is 206 Å². The number of fused-ring (bicyclic) bond motifs is 5. The fourth-order valence-corrected chi connectivity index (χ4v) is 7.69. The first-order valence-electron chi connectivity index (χ1n) is 17.9. The molecule has 0 bridgehead atoms. The fourth-order valence-electron chi connectivity index (χ4n) is 7.69. The van der Waals surface area contributed by atoms with Gasteiger partial charge in [0.1, 0.15) is 11.2 Å². The van der Waals surface area contributed by atoms with Gasteiger partial charge in [-0.05, 0) is 102 Å². The van der Waals surface area contributed by atoms with E-state index in [0.717, 1.165) is 28.4 Å². The van der Waals surface area contributed by atoms with Crippen LogP contribution in [0, 0.1) is 0 Å². The predicted octanol–water partition coefficient (Wildman–Crippen LogP) is 14.4. The second-order valence-electron chi connectivity index (χ2n) is 13.2. The van der Waals surface area contributed by atoms with Crippen molar-refractivity contribution in [1.29, 1.82) is 0 Å². The minimum Gasteiger partial charge on any atom is -0.456 e. The zero-order valence-electron chi connectivity index (χ0n) is 28.8. The molecule has 0 aliphatic carbocycles. The topological polar surface area (TPSA) is 13.1 Å². The molecule has 0 atom stereocenters. The van der Waals surface area contributed by atoms with Gasteiger partial charge in [0.25, 0.3) is 0 Å². The van der Waals surface area contributed by atoms with Crippen molar-refractivity contribution in [3.63, 3.8) is 0 Å². The smallest absolute Gasteiger partial charge is 0.136 e. The Balaban J connectivity index is 1.22. The molecule has 1 heteroatoms. The van der Waals surface area contributed by atoms with Crippen molar-refractivity contribution in [1.82, 2.24) is 0 Å². The van der Waals surface area contributed by atoms with Crippen LogP contribution in [0.4, 0.5) is 0 Å². The Morgan fingerprint density at radius 1 is 0.423 bits per heavy atom. The average Bonchev–Trinajstić information content (AvgIpc) is 3.59. The Kier molecular flexibility index (Phi) is 8.15. The standard InChI is InChI=1S/C51H36O/c1-2-3-4-5-7-16-35-27-29-37(30-28-35)39-31-32-47-46(34-39)51-45(25-15-26-48(51)52-47)50-43-23-12-10-21-41(43)49(42-22-11-13-24-44(42)50)40-20-14-19-38(33-40)36-17-8-6-9-18-36/h2-15,17-34H,1,16H2/b4-3-,7-5-. The van der Waals surface area contributed by atoms with Crippen LogP contribution in [0.3, 0.4) is 0 Å². The highest BCUT2D eigenvalue weighted by Crippen LogP contribution is 2.47. The third-order valence-electron chi connectivity index (χ3n) is 10.1. The summed E-state index contributed by atoms with van der Waals surface area (Å²) in [6.45, 7) is 3.73. The van der Waals surface area contributed by atoms with Crippen molar-refractivity contribution < 1.29 is 4.42 Å². The van der Waals surface area contributed by atoms with E-state index in [9.17, 15) is 0 Å². The van der Waals surface area contributed by atoms with Gasteiger partial charge in [-0.25, -0.2) is 0 Å². The van der Waals surface area contributed by atoms with Gasteiger partial charge in [-0.2, -0.15) is 0 Å². The van der Waals surface area contributed by atoms with Crippen LogP contribution in [-0.2, 0) is 6.42 Å². The molecule has 0 N–H and O–H groups in total. The lowest BCUT2D eigenvalue weighted by Crippen LogP contribution is -1.91. The van der Waals surface area contributed by atoms with Crippen molar-refractivity contribution in [2.75, 3.05) is 0 Å². The Hall–Kier alpha value is -6.70. The first-order chi connectivity index (χ1) is 25.8. The van der Waals surface area contributed by atoms with Crippen LogP contribution in [0.15, 0.2) is 205 Å². The summed E-state index contributed by atoms with van der Waals surface area (Å²) < 4.78 is 6.55. The van der Waals surface area contributed by atoms with E-state index in [1.165, 1.54) is 71.6 Å². The quantitative estimate of drug-likeness (QED) is 0.116. The average molecular weight is 665 g/mol. The molecule has 0 aliphatic heterocycles. The van der Waals surface area contributed by atoms with E-state index in [1.54, 1.807) is 6.08 Å². The summed E-state index contributed by atoms with van der Waals surface area (Å²) in [5, 5.41) is 7.18. The molecular formula is C51H36O. The van der Waals surface area contributed by atoms with E-state index in [0.29, 0.717) is 0 Å². The zero-order chi connectivity index (χ0) is 34.9. The molecule has 0 amide bonds. The van der Waals surface area contributed by atoms with Crippen LogP contribution in [0.1, 0.15) is 5.56 Å². The molecule has 8 aromatic carbocycles. The zero-order valence-corrected chi connectivity index (χ0v) is 28.8. The maximum atomic E-state index is 6.55. The summed E-state index contributed by atoms with van der Waals surface area (Å²) in [5.74, 6) is 0. The van der Waals surface area contributed by atoms with Gasteiger partial charge < -0.3 is 4.42 Å². The Morgan fingerprint density at radius 2 is 1.02 bits per heavy atom. The van der Waals surface area contributed by atoms with E-state index < -0.39 is 0 Å². The molecule has 52 heavy (non-hydrogen) atoms. The molecule has 1 heterocycles. The second kappa shape index (κ2) is 13.5. The number of furan rings is 1. The number of rotatable bonds is 8. The summed E-state index contributed by atoms with van der Waals surface area (Å²) in [7, 11) is 0. The maximum Gasteiger partial charge on any atom is 0.136 e. The molecule has 0 saturated heterocycles. The first-order valence-corrected chi connectivity index (χ1v) is 17.9. The number of hydrogen-bond acceptors (Lipinski definition) is 1. The number of benzene rings is 8. The summed E-state index contributed by atoms with van der Waals surface area (Å²) in [6.07, 6.45) is 10.8. The van der Waals surface area contributed by atoms with Gasteiger partial charge in [-0.15, -0.1) is 0 Å². The Bertz CT molecular complexity index is 2750. The van der Waals surface area contributed by atoms with Gasteiger partial charge in [-0.3, -0.25) is 0 Å². The van der Waals surface area contributed by atoms with Crippen LogP contribution in [0.25, 0.3) is 88.0 Å². The van der Waals surface area contributed by atoms with Crippen LogP contribution < -0.4 is 0 Å². The number of allylic oxidation sites excluding steroid dienone is 5. The van der Waals surface area contributed by atoms with Gasteiger partial charge in [0, 0.05) is 10.8 Å². The Labute approximate surface area is 304 Å². The molecule has 246 valence electrons. The molecule has 0 radical (unpaired) electrons. The summed E-state index contributed by atoms with van der Waals surface area (Å²) >= 11 is 0. The second-order valence-corrected chi connectivity index (χ2v) is 13.2. The molecule has 0 spiro atoms. The van der Waals surface area contributed by atoms with E-state index in [4.69, 9.17) is 4.42 Å². The molecule has 0 saturated carbocycles. The predicted molar refractivity (Wildman–Crippen MR) is 223 cm³/mol. The minimum absolute atomic E-state index is 0.885. The normalized spacial score (nSPS) is 11.8. The lowest BCUT2D eigenvalue weighted by Gasteiger charge is -2.18. The molecule has 9 aromatic rings. The first kappa shape index (κ1) is 31.3. The van der Waals surface area contributed by atoms with Crippen molar-refractivity contribution >= 4 is 43.5 Å². The lowest BCUT2D eigenvalue weighted by molar-refractivity contribution is 0.669. The van der Waals surface area contributed by atoms with E-state index in [2.05, 4.69) is 183 Å². The van der Waals surface area contributed by atoms with Crippen molar-refractivity contribution in [2.45, 2.75) is 6.42 Å². The molecule has 1 nitrogen and oxygen atoms in total. The van der Waals surface area contributed by atoms with Crippen LogP contribution in [0.5, 0.6) is 0 Å². The van der Waals surface area contributed by atoms with Gasteiger partial charge in [0.2, 0.25) is 0 Å². The molecule has 0 unspecified atom stereocenters. The van der Waals surface area contributed by atoms with Crippen molar-refractivity contribution in [2.24, 2.45) is 0 Å². The van der Waals surface area contributed by atoms with E-state index in [-0.39, 0.29) is 0 Å². The highest BCUT2D eigenvalue weighted by molar-refractivity contribution is 6.25. The van der Waals surface area contributed by atoms with E-state index >= 15 is 0 Å². The third kappa shape index (κ3) is 5.63. The van der Waals surface area contributed by atoms with E-state index in [1.807, 2.05) is 12.2 Å². The summed E-state index contributed by atoms with van der Waals surface area (Å²) in [6, 6.07) is 59.3. The third-order valence-corrected chi connectivity index (χ3v) is 10.1. The SMILES string of the molecule is C=C/C=C\C=C/Cc1ccc(-c2ccc3oc4cccc(-c5c6ccccc6c(-c6cccc(-c7ccccc7)c6)c6ccccc56)c4c3c2)cc1. The van der Waals surface area contributed by atoms with Crippen molar-refractivity contribution in [3.8, 4) is 44.5 Å². The van der Waals surface area contributed by atoms with Gasteiger partial charge >= 0.3 is 0 Å². The van der Waals surface area contributed by atoms with Crippen LogP contribution in [0.2, 0.25) is 0 Å². The lowest BCUT2D eigenvalue weighted by atomic mass is 9.84. The minimum atomic E-state index is 0.885. The highest BCUT2D eigenvalue weighted by Gasteiger charge is 2.20.